The largest absolute Gasteiger partial charge is 0.505 e. The molecule has 28 heavy (non-hydrogen) atoms. The lowest BCUT2D eigenvalue weighted by Crippen LogP contribution is -2.39. The summed E-state index contributed by atoms with van der Waals surface area (Å²) < 4.78 is 27.7. The fraction of sp³-hybridized carbons (Fsp3) is 0.0455. The van der Waals surface area contributed by atoms with Crippen LogP contribution in [0.15, 0.2) is 95.5 Å². The van der Waals surface area contributed by atoms with E-state index in [1.54, 1.807) is 66.7 Å². The normalized spacial score (nSPS) is 17.1. The van der Waals surface area contributed by atoms with Crippen molar-refractivity contribution in [2.75, 3.05) is 0 Å². The number of ketones is 1. The zero-order chi connectivity index (χ0) is 19.7. The minimum absolute atomic E-state index is 0.0551. The Balaban J connectivity index is 1.97. The summed E-state index contributed by atoms with van der Waals surface area (Å²) in [6.07, 6.45) is 0. The van der Waals surface area contributed by atoms with E-state index in [1.165, 1.54) is 12.1 Å². The van der Waals surface area contributed by atoms with Crippen molar-refractivity contribution in [2.24, 2.45) is 0 Å². The predicted molar refractivity (Wildman–Crippen MR) is 106 cm³/mol. The molecule has 0 saturated heterocycles. The number of fused-ring (bicyclic) bond motifs is 1. The standard InChI is InChI=1S/C22H17NO4S/c24-21(17-11-5-2-6-12-17)20-22(25)18-13-7-8-14-19(18)28(26,27)23(20)15-16-9-3-1-4-10-16/h1-14,24H,15H2. The second-order valence-electron chi connectivity index (χ2n) is 6.39. The van der Waals surface area contributed by atoms with E-state index < -0.39 is 15.8 Å². The lowest BCUT2D eigenvalue weighted by molar-refractivity contribution is 0.0997. The molecular weight excluding hydrogens is 374 g/mol. The van der Waals surface area contributed by atoms with Gasteiger partial charge in [0, 0.05) is 11.1 Å². The maximum atomic E-state index is 13.3. The molecule has 1 N–H and O–H groups in total. The minimum Gasteiger partial charge on any atom is -0.505 e. The van der Waals surface area contributed by atoms with Gasteiger partial charge in [0.25, 0.3) is 10.0 Å². The number of benzene rings is 3. The molecule has 0 bridgehead atoms. The number of carbonyl (C=O) groups is 1. The van der Waals surface area contributed by atoms with Gasteiger partial charge in [-0.25, -0.2) is 8.42 Å². The van der Waals surface area contributed by atoms with Gasteiger partial charge < -0.3 is 5.11 Å². The molecule has 1 aliphatic heterocycles. The number of carbonyl (C=O) groups excluding carboxylic acids is 1. The fourth-order valence-electron chi connectivity index (χ4n) is 3.23. The quantitative estimate of drug-likeness (QED) is 0.541. The van der Waals surface area contributed by atoms with Crippen molar-refractivity contribution in [2.45, 2.75) is 11.4 Å². The molecule has 1 heterocycles. The first-order chi connectivity index (χ1) is 13.5. The van der Waals surface area contributed by atoms with E-state index in [4.69, 9.17) is 0 Å². The summed E-state index contributed by atoms with van der Waals surface area (Å²) in [7, 11) is -4.02. The molecule has 0 amide bonds. The Morgan fingerprint density at radius 1 is 0.821 bits per heavy atom. The summed E-state index contributed by atoms with van der Waals surface area (Å²) >= 11 is 0. The molecule has 0 aromatic heterocycles. The van der Waals surface area contributed by atoms with Gasteiger partial charge in [-0.05, 0) is 17.7 Å². The van der Waals surface area contributed by atoms with Crippen molar-refractivity contribution in [3.8, 4) is 0 Å². The number of rotatable bonds is 3. The summed E-state index contributed by atoms with van der Waals surface area (Å²) in [6, 6.07) is 23.5. The Morgan fingerprint density at radius 2 is 1.39 bits per heavy atom. The van der Waals surface area contributed by atoms with Crippen molar-refractivity contribution in [1.29, 1.82) is 0 Å². The highest BCUT2D eigenvalue weighted by molar-refractivity contribution is 7.89. The van der Waals surface area contributed by atoms with Crippen molar-refractivity contribution >= 4 is 21.6 Å². The Morgan fingerprint density at radius 3 is 2.07 bits per heavy atom. The van der Waals surface area contributed by atoms with Crippen molar-refractivity contribution in [3.05, 3.63) is 107 Å². The molecule has 0 atom stereocenters. The SMILES string of the molecule is O=C1C(=C(O)c2ccccc2)N(Cc2ccccc2)S(=O)(=O)c2ccccc21. The summed E-state index contributed by atoms with van der Waals surface area (Å²) in [6.45, 7) is -0.0600. The van der Waals surface area contributed by atoms with Crippen LogP contribution in [0.5, 0.6) is 0 Å². The van der Waals surface area contributed by atoms with E-state index in [0.29, 0.717) is 11.1 Å². The van der Waals surface area contributed by atoms with Gasteiger partial charge in [-0.2, -0.15) is 0 Å². The molecule has 140 valence electrons. The molecule has 0 radical (unpaired) electrons. The highest BCUT2D eigenvalue weighted by Gasteiger charge is 2.41. The monoisotopic (exact) mass is 391 g/mol. The Bertz CT molecular complexity index is 1170. The van der Waals surface area contributed by atoms with Crippen molar-refractivity contribution in [3.63, 3.8) is 0 Å². The topological polar surface area (TPSA) is 74.7 Å². The van der Waals surface area contributed by atoms with E-state index in [9.17, 15) is 18.3 Å². The smallest absolute Gasteiger partial charge is 0.265 e. The summed E-state index contributed by atoms with van der Waals surface area (Å²) in [5.74, 6) is -0.887. The zero-order valence-electron chi connectivity index (χ0n) is 14.8. The van der Waals surface area contributed by atoms with Crippen LogP contribution < -0.4 is 0 Å². The second-order valence-corrected chi connectivity index (χ2v) is 8.22. The molecule has 0 spiro atoms. The highest BCUT2D eigenvalue weighted by Crippen LogP contribution is 2.36. The van der Waals surface area contributed by atoms with Gasteiger partial charge in [0.15, 0.2) is 5.76 Å². The van der Waals surface area contributed by atoms with Crippen LogP contribution in [-0.2, 0) is 16.6 Å². The first-order valence-electron chi connectivity index (χ1n) is 8.69. The molecule has 3 aromatic carbocycles. The van der Waals surface area contributed by atoms with Crippen LogP contribution in [0.3, 0.4) is 0 Å². The van der Waals surface area contributed by atoms with E-state index in [-0.39, 0.29) is 28.5 Å². The molecule has 4 rings (SSSR count). The van der Waals surface area contributed by atoms with Gasteiger partial charge in [0.05, 0.1) is 11.4 Å². The molecular formula is C22H17NO4S. The van der Waals surface area contributed by atoms with Crippen molar-refractivity contribution < 1.29 is 18.3 Å². The molecule has 0 saturated carbocycles. The van der Waals surface area contributed by atoms with E-state index in [0.717, 1.165) is 4.31 Å². The Kier molecular flexibility index (Phi) is 4.49. The Hall–Kier alpha value is -3.38. The summed E-state index contributed by atoms with van der Waals surface area (Å²) in [5.41, 5.74) is 0.896. The van der Waals surface area contributed by atoms with Crippen molar-refractivity contribution in [1.82, 2.24) is 4.31 Å². The maximum absolute atomic E-state index is 13.3. The molecule has 1 aliphatic rings. The third-order valence-electron chi connectivity index (χ3n) is 4.60. The number of hydrogen-bond acceptors (Lipinski definition) is 4. The van der Waals surface area contributed by atoms with Gasteiger partial charge >= 0.3 is 0 Å². The van der Waals surface area contributed by atoms with Crippen LogP contribution in [0.4, 0.5) is 0 Å². The molecule has 5 nitrogen and oxygen atoms in total. The number of sulfonamides is 1. The van der Waals surface area contributed by atoms with Crippen LogP contribution in [-0.4, -0.2) is 23.6 Å². The predicted octanol–water partition coefficient (Wildman–Crippen LogP) is 4.00. The van der Waals surface area contributed by atoms with E-state index in [2.05, 4.69) is 0 Å². The highest BCUT2D eigenvalue weighted by atomic mass is 32.2. The van der Waals surface area contributed by atoms with Gasteiger partial charge in [-0.15, -0.1) is 0 Å². The van der Waals surface area contributed by atoms with Gasteiger partial charge in [-0.3, -0.25) is 9.10 Å². The lowest BCUT2D eigenvalue weighted by atomic mass is 10.0. The third kappa shape index (κ3) is 2.97. The van der Waals surface area contributed by atoms with E-state index >= 15 is 0 Å². The number of Topliss-reactive ketones (excluding diaryl/α,β-unsaturated/α-hetero) is 1. The summed E-state index contributed by atoms with van der Waals surface area (Å²) in [4.78, 5) is 13.1. The van der Waals surface area contributed by atoms with Crippen LogP contribution in [0, 0.1) is 0 Å². The van der Waals surface area contributed by atoms with Gasteiger partial charge in [0.1, 0.15) is 5.70 Å². The van der Waals surface area contributed by atoms with Gasteiger partial charge in [-0.1, -0.05) is 72.8 Å². The average molecular weight is 391 g/mol. The number of nitrogens with zero attached hydrogens (tertiary/aromatic N) is 1. The maximum Gasteiger partial charge on any atom is 0.265 e. The molecule has 0 aliphatic carbocycles. The van der Waals surface area contributed by atoms with Crippen LogP contribution in [0.1, 0.15) is 21.5 Å². The number of hydrogen-bond donors (Lipinski definition) is 1. The third-order valence-corrected chi connectivity index (χ3v) is 6.41. The van der Waals surface area contributed by atoms with Crippen LogP contribution >= 0.6 is 0 Å². The molecule has 6 heteroatoms. The number of aliphatic hydroxyl groups excluding tert-OH is 1. The molecule has 3 aromatic rings. The second kappa shape index (κ2) is 6.98. The van der Waals surface area contributed by atoms with Crippen LogP contribution in [0.25, 0.3) is 5.76 Å². The molecule has 0 unspecified atom stereocenters. The van der Waals surface area contributed by atoms with E-state index in [1.807, 2.05) is 6.07 Å². The van der Waals surface area contributed by atoms with Crippen LogP contribution in [0.2, 0.25) is 0 Å². The number of aliphatic hydroxyl groups is 1. The van der Waals surface area contributed by atoms with Gasteiger partial charge in [0.2, 0.25) is 5.78 Å². The zero-order valence-corrected chi connectivity index (χ0v) is 15.6. The molecule has 0 fully saturated rings. The Labute approximate surface area is 163 Å². The summed E-state index contributed by atoms with van der Waals surface area (Å²) in [5, 5.41) is 10.9. The average Bonchev–Trinajstić information content (AvgIpc) is 2.73. The first-order valence-corrected chi connectivity index (χ1v) is 10.1. The number of allylic oxidation sites excluding steroid dienone is 1. The lowest BCUT2D eigenvalue weighted by Gasteiger charge is -2.32. The minimum atomic E-state index is -4.02. The first kappa shape index (κ1) is 18.0. The fourth-order valence-corrected chi connectivity index (χ4v) is 4.89.